The smallest absolute Gasteiger partial charge is 0.328 e. The summed E-state index contributed by atoms with van der Waals surface area (Å²) < 4.78 is 5.06. The fourth-order valence-corrected chi connectivity index (χ4v) is 1.61. The molecule has 6 heteroatoms. The molecule has 0 spiro atoms. The molecule has 0 bridgehead atoms. The van der Waals surface area contributed by atoms with Crippen LogP contribution in [0, 0.1) is 5.92 Å². The third kappa shape index (κ3) is 3.18. The zero-order valence-corrected chi connectivity index (χ0v) is 9.39. The van der Waals surface area contributed by atoms with Crippen LogP contribution < -0.4 is 5.73 Å². The number of aliphatic carboxylic acids is 1. The molecule has 1 amide bonds. The normalized spacial score (nSPS) is 22.9. The Kier molecular flexibility index (Phi) is 4.70. The molecule has 0 aromatic rings. The average Bonchev–Trinajstić information content (AvgIpc) is 2.28. The third-order valence-corrected chi connectivity index (χ3v) is 2.66. The monoisotopic (exact) mass is 230 g/mol. The van der Waals surface area contributed by atoms with E-state index in [1.165, 1.54) is 4.90 Å². The van der Waals surface area contributed by atoms with Gasteiger partial charge >= 0.3 is 5.97 Å². The molecule has 1 heterocycles. The second-order valence-electron chi connectivity index (χ2n) is 4.06. The van der Waals surface area contributed by atoms with Gasteiger partial charge in [0.2, 0.25) is 5.91 Å². The molecule has 1 saturated heterocycles. The van der Waals surface area contributed by atoms with Crippen molar-refractivity contribution < 1.29 is 19.4 Å². The minimum Gasteiger partial charge on any atom is -0.480 e. The van der Waals surface area contributed by atoms with Crippen LogP contribution in [-0.2, 0) is 14.3 Å². The molecule has 16 heavy (non-hydrogen) atoms. The zero-order valence-electron chi connectivity index (χ0n) is 9.39. The molecule has 1 aliphatic heterocycles. The first kappa shape index (κ1) is 12.9. The lowest BCUT2D eigenvalue weighted by atomic mass is 10.1. The Bertz CT molecular complexity index is 270. The first-order valence-corrected chi connectivity index (χ1v) is 5.36. The number of nitrogens with zero attached hydrogens (tertiary/aromatic N) is 1. The molecule has 2 unspecified atom stereocenters. The van der Waals surface area contributed by atoms with Crippen LogP contribution in [0.3, 0.4) is 0 Å². The molecule has 3 N–H and O–H groups in total. The highest BCUT2D eigenvalue weighted by atomic mass is 16.5. The van der Waals surface area contributed by atoms with Crippen LogP contribution in [0.25, 0.3) is 0 Å². The number of carbonyl (C=O) groups excluding carboxylic acids is 1. The molecule has 0 aromatic carbocycles. The lowest BCUT2D eigenvalue weighted by Gasteiger charge is -2.33. The third-order valence-electron chi connectivity index (χ3n) is 2.66. The fourth-order valence-electron chi connectivity index (χ4n) is 1.61. The maximum atomic E-state index is 11.8. The van der Waals surface area contributed by atoms with Crippen molar-refractivity contribution in [1.82, 2.24) is 4.90 Å². The van der Waals surface area contributed by atoms with Crippen molar-refractivity contribution in [3.8, 4) is 0 Å². The quantitative estimate of drug-likeness (QED) is 0.665. The van der Waals surface area contributed by atoms with E-state index in [0.29, 0.717) is 26.1 Å². The number of carboxylic acids is 1. The largest absolute Gasteiger partial charge is 0.480 e. The Labute approximate surface area is 94.3 Å². The first-order valence-electron chi connectivity index (χ1n) is 5.36. The summed E-state index contributed by atoms with van der Waals surface area (Å²) in [7, 11) is 0. The summed E-state index contributed by atoms with van der Waals surface area (Å²) in [5, 5.41) is 8.95. The predicted octanol–water partition coefficient (Wildman–Crippen LogP) is -0.717. The summed E-state index contributed by atoms with van der Waals surface area (Å²) in [6, 6.07) is -0.855. The van der Waals surface area contributed by atoms with Gasteiger partial charge in [0.25, 0.3) is 0 Å². The van der Waals surface area contributed by atoms with E-state index in [2.05, 4.69) is 0 Å². The minimum absolute atomic E-state index is 0.0675. The van der Waals surface area contributed by atoms with Crippen molar-refractivity contribution in [2.24, 2.45) is 11.7 Å². The number of hydrogen-bond donors (Lipinski definition) is 2. The minimum atomic E-state index is -1.02. The molecule has 2 atom stereocenters. The number of rotatable bonds is 4. The lowest BCUT2D eigenvalue weighted by Crippen LogP contribution is -2.53. The van der Waals surface area contributed by atoms with Gasteiger partial charge in [0.15, 0.2) is 6.04 Å². The SMILES string of the molecule is CC(CN)CC(=O)N1CCOCC1C(=O)O. The number of carboxylic acid groups (broad SMARTS) is 1. The molecule has 0 saturated carbocycles. The molecule has 92 valence electrons. The van der Waals surface area contributed by atoms with Gasteiger partial charge < -0.3 is 20.5 Å². The van der Waals surface area contributed by atoms with Gasteiger partial charge in [-0.3, -0.25) is 4.79 Å². The predicted molar refractivity (Wildman–Crippen MR) is 56.8 cm³/mol. The Hall–Kier alpha value is -1.14. The van der Waals surface area contributed by atoms with E-state index in [1.807, 2.05) is 6.92 Å². The molecule has 0 aromatic heterocycles. The van der Waals surface area contributed by atoms with Crippen molar-refractivity contribution in [3.05, 3.63) is 0 Å². The van der Waals surface area contributed by atoms with E-state index in [0.717, 1.165) is 0 Å². The molecular weight excluding hydrogens is 212 g/mol. The van der Waals surface area contributed by atoms with Crippen molar-refractivity contribution in [2.45, 2.75) is 19.4 Å². The van der Waals surface area contributed by atoms with Crippen LogP contribution >= 0.6 is 0 Å². The van der Waals surface area contributed by atoms with E-state index < -0.39 is 12.0 Å². The summed E-state index contributed by atoms with van der Waals surface area (Å²) in [4.78, 5) is 24.1. The summed E-state index contributed by atoms with van der Waals surface area (Å²) in [6.07, 6.45) is 0.292. The van der Waals surface area contributed by atoms with Crippen LogP contribution in [0.2, 0.25) is 0 Å². The van der Waals surface area contributed by atoms with Crippen molar-refractivity contribution in [2.75, 3.05) is 26.3 Å². The standard InChI is InChI=1S/C10H18N2O4/c1-7(5-11)4-9(13)12-2-3-16-6-8(12)10(14)15/h7-8H,2-6,11H2,1H3,(H,14,15). The summed E-state index contributed by atoms with van der Waals surface area (Å²) in [5.74, 6) is -1.10. The average molecular weight is 230 g/mol. The number of carbonyl (C=O) groups is 2. The topological polar surface area (TPSA) is 92.9 Å². The van der Waals surface area contributed by atoms with E-state index in [-0.39, 0.29) is 18.4 Å². The van der Waals surface area contributed by atoms with Crippen LogP contribution in [0.5, 0.6) is 0 Å². The van der Waals surface area contributed by atoms with E-state index >= 15 is 0 Å². The van der Waals surface area contributed by atoms with Gasteiger partial charge in [0, 0.05) is 13.0 Å². The second kappa shape index (κ2) is 5.81. The van der Waals surface area contributed by atoms with Crippen molar-refractivity contribution >= 4 is 11.9 Å². The van der Waals surface area contributed by atoms with Gasteiger partial charge in [0.1, 0.15) is 0 Å². The number of nitrogens with two attached hydrogens (primary N) is 1. The van der Waals surface area contributed by atoms with Crippen LogP contribution in [-0.4, -0.2) is 54.2 Å². The van der Waals surface area contributed by atoms with Crippen LogP contribution in [0.15, 0.2) is 0 Å². The summed E-state index contributed by atoms with van der Waals surface area (Å²) >= 11 is 0. The highest BCUT2D eigenvalue weighted by Crippen LogP contribution is 2.12. The highest BCUT2D eigenvalue weighted by Gasteiger charge is 2.32. The first-order chi connectivity index (χ1) is 7.56. The molecule has 6 nitrogen and oxygen atoms in total. The molecule has 1 rings (SSSR count). The van der Waals surface area contributed by atoms with Gasteiger partial charge in [-0.25, -0.2) is 4.79 Å². The number of ether oxygens (including phenoxy) is 1. The number of amides is 1. The molecule has 1 aliphatic rings. The Morgan fingerprint density at radius 3 is 2.88 bits per heavy atom. The lowest BCUT2D eigenvalue weighted by molar-refractivity contribution is -0.158. The Morgan fingerprint density at radius 1 is 1.62 bits per heavy atom. The van der Waals surface area contributed by atoms with Gasteiger partial charge in [-0.05, 0) is 12.5 Å². The fraction of sp³-hybridized carbons (Fsp3) is 0.800. The van der Waals surface area contributed by atoms with E-state index in [9.17, 15) is 9.59 Å². The highest BCUT2D eigenvalue weighted by molar-refractivity contribution is 5.84. The van der Waals surface area contributed by atoms with Gasteiger partial charge in [-0.1, -0.05) is 6.92 Å². The summed E-state index contributed by atoms with van der Waals surface area (Å²) in [5.41, 5.74) is 5.43. The van der Waals surface area contributed by atoms with Crippen LogP contribution in [0.4, 0.5) is 0 Å². The Morgan fingerprint density at radius 2 is 2.31 bits per heavy atom. The Balaban J connectivity index is 2.60. The zero-order chi connectivity index (χ0) is 12.1. The van der Waals surface area contributed by atoms with E-state index in [4.69, 9.17) is 15.6 Å². The number of morpholine rings is 1. The van der Waals surface area contributed by atoms with Crippen molar-refractivity contribution in [1.29, 1.82) is 0 Å². The summed E-state index contributed by atoms with van der Waals surface area (Å²) in [6.45, 7) is 3.10. The molecule has 1 fully saturated rings. The molecule has 0 aliphatic carbocycles. The van der Waals surface area contributed by atoms with Gasteiger partial charge in [-0.2, -0.15) is 0 Å². The van der Waals surface area contributed by atoms with Gasteiger partial charge in [0.05, 0.1) is 13.2 Å². The van der Waals surface area contributed by atoms with Crippen LogP contribution in [0.1, 0.15) is 13.3 Å². The van der Waals surface area contributed by atoms with E-state index in [1.54, 1.807) is 0 Å². The van der Waals surface area contributed by atoms with Crippen molar-refractivity contribution in [3.63, 3.8) is 0 Å². The molecular formula is C10H18N2O4. The number of hydrogen-bond acceptors (Lipinski definition) is 4. The second-order valence-corrected chi connectivity index (χ2v) is 4.06. The molecule has 0 radical (unpaired) electrons. The van der Waals surface area contributed by atoms with Gasteiger partial charge in [-0.15, -0.1) is 0 Å². The maximum Gasteiger partial charge on any atom is 0.328 e. The maximum absolute atomic E-state index is 11.8.